The molecule has 20 heavy (non-hydrogen) atoms. The summed E-state index contributed by atoms with van der Waals surface area (Å²) >= 11 is 0. The largest absolute Gasteiger partial charge is 0.312 e. The van der Waals surface area contributed by atoms with Gasteiger partial charge < -0.3 is 5.32 Å². The summed E-state index contributed by atoms with van der Waals surface area (Å²) in [4.78, 5) is 2.75. The molecule has 1 heterocycles. The minimum atomic E-state index is 0.269. The van der Waals surface area contributed by atoms with Gasteiger partial charge in [0.1, 0.15) is 0 Å². The molecule has 1 unspecified atom stereocenters. The van der Waals surface area contributed by atoms with Gasteiger partial charge in [-0.2, -0.15) is 0 Å². The second kappa shape index (κ2) is 7.79. The summed E-state index contributed by atoms with van der Waals surface area (Å²) in [6.45, 7) is 17.9. The zero-order valence-corrected chi connectivity index (χ0v) is 14.9. The molecule has 0 saturated carbocycles. The topological polar surface area (TPSA) is 15.3 Å². The zero-order chi connectivity index (χ0) is 15.2. The lowest BCUT2D eigenvalue weighted by atomic mass is 9.82. The highest BCUT2D eigenvalue weighted by Crippen LogP contribution is 2.29. The Morgan fingerprint density at radius 3 is 1.95 bits per heavy atom. The molecule has 1 aliphatic heterocycles. The van der Waals surface area contributed by atoms with Crippen molar-refractivity contribution in [3.05, 3.63) is 0 Å². The van der Waals surface area contributed by atoms with Gasteiger partial charge in [0.05, 0.1) is 0 Å². The third-order valence-electron chi connectivity index (χ3n) is 4.91. The van der Waals surface area contributed by atoms with Crippen LogP contribution in [0.25, 0.3) is 0 Å². The Kier molecular flexibility index (Phi) is 7.00. The van der Waals surface area contributed by atoms with Crippen LogP contribution in [0.1, 0.15) is 80.1 Å². The molecule has 0 aliphatic carbocycles. The minimum absolute atomic E-state index is 0.269. The van der Waals surface area contributed by atoms with Crippen LogP contribution < -0.4 is 5.32 Å². The fourth-order valence-corrected chi connectivity index (χ4v) is 3.40. The highest BCUT2D eigenvalue weighted by Gasteiger charge is 2.35. The SMILES string of the molecule is CCNC(CCC(C)(C)C)C(C)(C)N1CCCCCC1. The van der Waals surface area contributed by atoms with Gasteiger partial charge in [0.2, 0.25) is 0 Å². The summed E-state index contributed by atoms with van der Waals surface area (Å²) < 4.78 is 0. The molecule has 1 rings (SSSR count). The second-order valence-corrected chi connectivity index (χ2v) is 8.26. The first-order valence-electron chi connectivity index (χ1n) is 8.76. The number of rotatable bonds is 6. The molecule has 0 aromatic carbocycles. The third-order valence-corrected chi connectivity index (χ3v) is 4.91. The number of hydrogen-bond acceptors (Lipinski definition) is 2. The predicted octanol–water partition coefficient (Wildman–Crippen LogP) is 4.45. The summed E-state index contributed by atoms with van der Waals surface area (Å²) in [6.07, 6.45) is 8.16. The molecule has 0 bridgehead atoms. The van der Waals surface area contributed by atoms with Gasteiger partial charge >= 0.3 is 0 Å². The molecule has 1 fully saturated rings. The second-order valence-electron chi connectivity index (χ2n) is 8.26. The fraction of sp³-hybridized carbons (Fsp3) is 1.00. The maximum Gasteiger partial charge on any atom is 0.0306 e. The summed E-state index contributed by atoms with van der Waals surface area (Å²) in [6, 6.07) is 0.602. The van der Waals surface area contributed by atoms with Gasteiger partial charge in [0.25, 0.3) is 0 Å². The Bertz CT molecular complexity index is 257. The standard InChI is InChI=1S/C18H38N2/c1-7-19-16(12-13-17(2,3)4)18(5,6)20-14-10-8-9-11-15-20/h16,19H,7-15H2,1-6H3. The lowest BCUT2D eigenvalue weighted by molar-refractivity contribution is 0.0757. The molecule has 1 aliphatic rings. The van der Waals surface area contributed by atoms with Crippen LogP contribution in [0.2, 0.25) is 0 Å². The molecule has 1 N–H and O–H groups in total. The molecule has 0 radical (unpaired) electrons. The lowest BCUT2D eigenvalue weighted by Gasteiger charge is -2.45. The average Bonchev–Trinajstić information content (AvgIpc) is 2.62. The number of nitrogens with zero attached hydrogens (tertiary/aromatic N) is 1. The third kappa shape index (κ3) is 5.73. The van der Waals surface area contributed by atoms with Crippen molar-refractivity contribution in [1.29, 1.82) is 0 Å². The van der Waals surface area contributed by atoms with Crippen LogP contribution in [-0.4, -0.2) is 36.1 Å². The molecular weight excluding hydrogens is 244 g/mol. The van der Waals surface area contributed by atoms with E-state index < -0.39 is 0 Å². The predicted molar refractivity (Wildman–Crippen MR) is 90.3 cm³/mol. The van der Waals surface area contributed by atoms with E-state index in [2.05, 4.69) is 51.8 Å². The van der Waals surface area contributed by atoms with Crippen molar-refractivity contribution in [2.24, 2.45) is 5.41 Å². The van der Waals surface area contributed by atoms with Crippen molar-refractivity contribution in [3.63, 3.8) is 0 Å². The number of likely N-dealkylation sites (N-methyl/N-ethyl adjacent to an activating group) is 1. The van der Waals surface area contributed by atoms with Crippen LogP contribution in [0.3, 0.4) is 0 Å². The van der Waals surface area contributed by atoms with Gasteiger partial charge in [-0.25, -0.2) is 0 Å². The van der Waals surface area contributed by atoms with Crippen LogP contribution in [0.4, 0.5) is 0 Å². The van der Waals surface area contributed by atoms with E-state index in [-0.39, 0.29) is 5.54 Å². The van der Waals surface area contributed by atoms with Crippen molar-refractivity contribution >= 4 is 0 Å². The Labute approximate surface area is 127 Å². The molecule has 0 aromatic rings. The van der Waals surface area contributed by atoms with Crippen LogP contribution in [0.15, 0.2) is 0 Å². The summed E-state index contributed by atoms with van der Waals surface area (Å²) in [5.41, 5.74) is 0.703. The van der Waals surface area contributed by atoms with Crippen LogP contribution in [-0.2, 0) is 0 Å². The number of hydrogen-bond donors (Lipinski definition) is 1. The first-order chi connectivity index (χ1) is 9.27. The smallest absolute Gasteiger partial charge is 0.0306 e. The lowest BCUT2D eigenvalue weighted by Crippen LogP contribution is -2.58. The Balaban J connectivity index is 2.70. The molecule has 120 valence electrons. The Hall–Kier alpha value is -0.0800. The van der Waals surface area contributed by atoms with E-state index in [1.807, 2.05) is 0 Å². The van der Waals surface area contributed by atoms with Crippen molar-refractivity contribution in [1.82, 2.24) is 10.2 Å². The Morgan fingerprint density at radius 1 is 0.950 bits per heavy atom. The minimum Gasteiger partial charge on any atom is -0.312 e. The van der Waals surface area contributed by atoms with E-state index in [1.165, 1.54) is 51.6 Å². The number of likely N-dealkylation sites (tertiary alicyclic amines) is 1. The fourth-order valence-electron chi connectivity index (χ4n) is 3.40. The molecule has 0 spiro atoms. The molecule has 1 saturated heterocycles. The molecule has 0 aromatic heterocycles. The van der Waals surface area contributed by atoms with Gasteiger partial charge in [0, 0.05) is 11.6 Å². The van der Waals surface area contributed by atoms with Crippen molar-refractivity contribution in [2.45, 2.75) is 91.6 Å². The zero-order valence-electron chi connectivity index (χ0n) is 14.9. The molecule has 2 heteroatoms. The van der Waals surface area contributed by atoms with Crippen LogP contribution in [0.5, 0.6) is 0 Å². The Morgan fingerprint density at radius 2 is 1.50 bits per heavy atom. The molecule has 1 atom stereocenters. The van der Waals surface area contributed by atoms with Gasteiger partial charge in [-0.15, -0.1) is 0 Å². The maximum absolute atomic E-state index is 3.77. The van der Waals surface area contributed by atoms with E-state index in [0.29, 0.717) is 11.5 Å². The van der Waals surface area contributed by atoms with E-state index in [9.17, 15) is 0 Å². The van der Waals surface area contributed by atoms with Crippen molar-refractivity contribution in [2.75, 3.05) is 19.6 Å². The van der Waals surface area contributed by atoms with E-state index in [4.69, 9.17) is 0 Å². The van der Waals surface area contributed by atoms with Crippen molar-refractivity contribution in [3.8, 4) is 0 Å². The van der Waals surface area contributed by atoms with Crippen LogP contribution in [0, 0.1) is 5.41 Å². The van der Waals surface area contributed by atoms with Gasteiger partial charge in [-0.1, -0.05) is 40.5 Å². The van der Waals surface area contributed by atoms with Gasteiger partial charge in [-0.05, 0) is 64.6 Å². The van der Waals surface area contributed by atoms with Crippen molar-refractivity contribution < 1.29 is 0 Å². The maximum atomic E-state index is 3.77. The first-order valence-corrected chi connectivity index (χ1v) is 8.76. The van der Waals surface area contributed by atoms with E-state index in [1.54, 1.807) is 0 Å². The molecular formula is C18H38N2. The van der Waals surface area contributed by atoms with Gasteiger partial charge in [-0.3, -0.25) is 4.90 Å². The highest BCUT2D eigenvalue weighted by molar-refractivity contribution is 4.94. The normalized spacial score (nSPS) is 20.7. The quantitative estimate of drug-likeness (QED) is 0.774. The van der Waals surface area contributed by atoms with Crippen LogP contribution >= 0.6 is 0 Å². The summed E-state index contributed by atoms with van der Waals surface area (Å²) in [5, 5.41) is 3.77. The monoisotopic (exact) mass is 282 g/mol. The van der Waals surface area contributed by atoms with E-state index in [0.717, 1.165) is 6.54 Å². The van der Waals surface area contributed by atoms with E-state index >= 15 is 0 Å². The molecule has 0 amide bonds. The summed E-state index contributed by atoms with van der Waals surface area (Å²) in [7, 11) is 0. The summed E-state index contributed by atoms with van der Waals surface area (Å²) in [5.74, 6) is 0. The average molecular weight is 283 g/mol. The highest BCUT2D eigenvalue weighted by atomic mass is 15.2. The first kappa shape index (κ1) is 18.0. The molecule has 2 nitrogen and oxygen atoms in total. The number of nitrogens with one attached hydrogen (secondary N) is 1. The van der Waals surface area contributed by atoms with Gasteiger partial charge in [0.15, 0.2) is 0 Å².